The summed E-state index contributed by atoms with van der Waals surface area (Å²) >= 11 is 0. The number of hydrogen-bond acceptors (Lipinski definition) is 2. The summed E-state index contributed by atoms with van der Waals surface area (Å²) in [6, 6.07) is 11.6. The van der Waals surface area contributed by atoms with Crippen LogP contribution in [0.4, 0.5) is 0 Å². The van der Waals surface area contributed by atoms with Gasteiger partial charge in [-0.3, -0.25) is 4.79 Å². The number of carbonyl (C=O) groups excluding carboxylic acids is 1. The lowest BCUT2D eigenvalue weighted by atomic mass is 10.1. The molecule has 3 heteroatoms. The second kappa shape index (κ2) is 3.63. The van der Waals surface area contributed by atoms with Gasteiger partial charge in [-0.25, -0.2) is 0 Å². The van der Waals surface area contributed by atoms with Crippen molar-refractivity contribution >= 4 is 28.1 Å². The third-order valence-corrected chi connectivity index (χ3v) is 2.96. The highest BCUT2D eigenvalue weighted by molar-refractivity contribution is 6.10. The molecule has 0 aliphatic carbocycles. The number of methoxy groups -OCH3 is 1. The van der Waals surface area contributed by atoms with Gasteiger partial charge in [-0.1, -0.05) is 18.2 Å². The standard InChI is InChI=1S/C14H11NO2/c1-17-13-7-9(8-16)6-11-10-4-2-3-5-12(10)15-14(11)13/h2-8,15H,1H3. The number of rotatable bonds is 2. The molecule has 17 heavy (non-hydrogen) atoms. The quantitative estimate of drug-likeness (QED) is 0.681. The van der Waals surface area contributed by atoms with Crippen molar-refractivity contribution in [3.8, 4) is 5.75 Å². The molecule has 0 bridgehead atoms. The van der Waals surface area contributed by atoms with Crippen LogP contribution in [0.3, 0.4) is 0 Å². The molecule has 0 amide bonds. The summed E-state index contributed by atoms with van der Waals surface area (Å²) in [5.41, 5.74) is 2.60. The van der Waals surface area contributed by atoms with Gasteiger partial charge in [-0.2, -0.15) is 0 Å². The van der Waals surface area contributed by atoms with E-state index in [9.17, 15) is 4.79 Å². The van der Waals surface area contributed by atoms with Crippen LogP contribution in [0, 0.1) is 0 Å². The fourth-order valence-electron chi connectivity index (χ4n) is 2.17. The molecule has 3 nitrogen and oxygen atoms in total. The maximum atomic E-state index is 10.9. The molecule has 3 aromatic rings. The van der Waals surface area contributed by atoms with Crippen LogP contribution in [0.5, 0.6) is 5.75 Å². The summed E-state index contributed by atoms with van der Waals surface area (Å²) in [4.78, 5) is 14.2. The summed E-state index contributed by atoms with van der Waals surface area (Å²) in [5.74, 6) is 0.695. The number of nitrogens with one attached hydrogen (secondary N) is 1. The molecule has 2 aromatic carbocycles. The number of ether oxygens (including phenoxy) is 1. The molecule has 0 fully saturated rings. The van der Waals surface area contributed by atoms with Crippen molar-refractivity contribution in [2.24, 2.45) is 0 Å². The fourth-order valence-corrected chi connectivity index (χ4v) is 2.17. The zero-order chi connectivity index (χ0) is 11.8. The van der Waals surface area contributed by atoms with Crippen LogP contribution in [0.15, 0.2) is 36.4 Å². The predicted molar refractivity (Wildman–Crippen MR) is 67.7 cm³/mol. The normalized spacial score (nSPS) is 10.9. The van der Waals surface area contributed by atoms with E-state index in [1.807, 2.05) is 30.3 Å². The second-order valence-corrected chi connectivity index (χ2v) is 3.93. The van der Waals surface area contributed by atoms with Gasteiger partial charge in [0.15, 0.2) is 0 Å². The third-order valence-electron chi connectivity index (χ3n) is 2.96. The number of aldehydes is 1. The van der Waals surface area contributed by atoms with Crippen molar-refractivity contribution in [2.45, 2.75) is 0 Å². The smallest absolute Gasteiger partial charge is 0.150 e. The van der Waals surface area contributed by atoms with Gasteiger partial charge in [0.25, 0.3) is 0 Å². The van der Waals surface area contributed by atoms with Crippen molar-refractivity contribution in [1.29, 1.82) is 0 Å². The second-order valence-electron chi connectivity index (χ2n) is 3.93. The topological polar surface area (TPSA) is 42.1 Å². The molecule has 0 radical (unpaired) electrons. The molecular weight excluding hydrogens is 214 g/mol. The number of benzene rings is 2. The maximum Gasteiger partial charge on any atom is 0.150 e. The summed E-state index contributed by atoms with van der Waals surface area (Å²) in [6.07, 6.45) is 0.837. The Hall–Kier alpha value is -2.29. The minimum atomic E-state index is 0.624. The Morgan fingerprint density at radius 3 is 2.76 bits per heavy atom. The molecule has 0 spiro atoms. The first-order chi connectivity index (χ1) is 8.33. The summed E-state index contributed by atoms with van der Waals surface area (Å²) in [5, 5.41) is 2.12. The van der Waals surface area contributed by atoms with Gasteiger partial charge in [0.1, 0.15) is 12.0 Å². The maximum absolute atomic E-state index is 10.9. The number of para-hydroxylation sites is 1. The van der Waals surface area contributed by atoms with E-state index < -0.39 is 0 Å². The highest BCUT2D eigenvalue weighted by Crippen LogP contribution is 2.32. The van der Waals surface area contributed by atoms with Crippen LogP contribution < -0.4 is 4.74 Å². The zero-order valence-electron chi connectivity index (χ0n) is 9.36. The first kappa shape index (κ1) is 9.90. The number of hydrogen-bond donors (Lipinski definition) is 1. The first-order valence-electron chi connectivity index (χ1n) is 5.37. The van der Waals surface area contributed by atoms with Crippen molar-refractivity contribution in [2.75, 3.05) is 7.11 Å². The highest BCUT2D eigenvalue weighted by atomic mass is 16.5. The van der Waals surface area contributed by atoms with E-state index in [0.717, 1.165) is 28.1 Å². The number of fused-ring (bicyclic) bond motifs is 3. The zero-order valence-corrected chi connectivity index (χ0v) is 9.36. The Labute approximate surface area is 98.0 Å². The third kappa shape index (κ3) is 1.40. The van der Waals surface area contributed by atoms with Crippen LogP contribution in [-0.4, -0.2) is 18.4 Å². The van der Waals surface area contributed by atoms with Crippen molar-refractivity contribution < 1.29 is 9.53 Å². The van der Waals surface area contributed by atoms with E-state index in [-0.39, 0.29) is 0 Å². The van der Waals surface area contributed by atoms with E-state index in [0.29, 0.717) is 11.3 Å². The van der Waals surface area contributed by atoms with Crippen molar-refractivity contribution in [3.63, 3.8) is 0 Å². The Bertz CT molecular complexity index is 713. The van der Waals surface area contributed by atoms with Gasteiger partial charge < -0.3 is 9.72 Å². The lowest BCUT2D eigenvalue weighted by Crippen LogP contribution is -1.87. The average Bonchev–Trinajstić information content (AvgIpc) is 2.76. The van der Waals surface area contributed by atoms with Crippen LogP contribution in [0.25, 0.3) is 21.8 Å². The number of aromatic nitrogens is 1. The molecule has 84 valence electrons. The Morgan fingerprint density at radius 2 is 2.00 bits per heavy atom. The van der Waals surface area contributed by atoms with Crippen molar-refractivity contribution in [1.82, 2.24) is 4.98 Å². The molecule has 0 unspecified atom stereocenters. The summed E-state index contributed by atoms with van der Waals surface area (Å²) in [7, 11) is 1.61. The van der Waals surface area contributed by atoms with Gasteiger partial charge in [-0.05, 0) is 18.2 Å². The molecule has 0 saturated carbocycles. The molecule has 0 saturated heterocycles. The van der Waals surface area contributed by atoms with E-state index in [1.54, 1.807) is 13.2 Å². The van der Waals surface area contributed by atoms with Crippen LogP contribution in [-0.2, 0) is 0 Å². The lowest BCUT2D eigenvalue weighted by Gasteiger charge is -2.02. The Morgan fingerprint density at radius 1 is 1.18 bits per heavy atom. The van der Waals surface area contributed by atoms with Gasteiger partial charge in [-0.15, -0.1) is 0 Å². The number of H-pyrrole nitrogens is 1. The van der Waals surface area contributed by atoms with E-state index in [4.69, 9.17) is 4.74 Å². The van der Waals surface area contributed by atoms with Crippen LogP contribution >= 0.6 is 0 Å². The molecule has 0 aliphatic rings. The number of carbonyl (C=O) groups is 1. The Balaban J connectivity index is 2.51. The van der Waals surface area contributed by atoms with Crippen molar-refractivity contribution in [3.05, 3.63) is 42.0 Å². The average molecular weight is 225 g/mol. The largest absolute Gasteiger partial charge is 0.495 e. The fraction of sp³-hybridized carbons (Fsp3) is 0.0714. The lowest BCUT2D eigenvalue weighted by molar-refractivity contribution is 0.112. The van der Waals surface area contributed by atoms with Crippen LogP contribution in [0.1, 0.15) is 10.4 Å². The highest BCUT2D eigenvalue weighted by Gasteiger charge is 2.09. The molecule has 1 aromatic heterocycles. The monoisotopic (exact) mass is 225 g/mol. The SMILES string of the molecule is COc1cc(C=O)cc2c1[nH]c1ccccc12. The summed E-state index contributed by atoms with van der Waals surface area (Å²) < 4.78 is 5.31. The Kier molecular flexibility index (Phi) is 2.11. The van der Waals surface area contributed by atoms with Gasteiger partial charge >= 0.3 is 0 Å². The van der Waals surface area contributed by atoms with E-state index in [2.05, 4.69) is 4.98 Å². The molecule has 1 heterocycles. The number of aromatic amines is 1. The molecule has 3 rings (SSSR count). The molecule has 0 atom stereocenters. The van der Waals surface area contributed by atoms with Gasteiger partial charge in [0.05, 0.1) is 12.6 Å². The summed E-state index contributed by atoms with van der Waals surface area (Å²) in [6.45, 7) is 0. The van der Waals surface area contributed by atoms with Crippen LogP contribution in [0.2, 0.25) is 0 Å². The minimum Gasteiger partial charge on any atom is -0.495 e. The van der Waals surface area contributed by atoms with Gasteiger partial charge in [0, 0.05) is 21.9 Å². The molecule has 1 N–H and O–H groups in total. The first-order valence-corrected chi connectivity index (χ1v) is 5.37. The minimum absolute atomic E-state index is 0.624. The van der Waals surface area contributed by atoms with Gasteiger partial charge in [0.2, 0.25) is 0 Å². The molecule has 0 aliphatic heterocycles. The van der Waals surface area contributed by atoms with E-state index in [1.165, 1.54) is 0 Å². The predicted octanol–water partition coefficient (Wildman–Crippen LogP) is 3.14. The van der Waals surface area contributed by atoms with E-state index >= 15 is 0 Å². The molecular formula is C14H11NO2.